The molecule has 0 aliphatic carbocycles. The first kappa shape index (κ1) is 18.5. The fourth-order valence-electron chi connectivity index (χ4n) is 3.27. The van der Waals surface area contributed by atoms with E-state index in [1.165, 1.54) is 5.56 Å². The molecule has 2 N–H and O–H groups in total. The molecule has 1 aliphatic rings. The van der Waals surface area contributed by atoms with Crippen LogP contribution in [0.1, 0.15) is 44.4 Å². The molecule has 26 heavy (non-hydrogen) atoms. The van der Waals surface area contributed by atoms with Crippen LogP contribution in [0.2, 0.25) is 0 Å². The molecule has 1 heterocycles. The number of hydrogen-bond donors (Lipinski definition) is 2. The number of fused-ring (bicyclic) bond motifs is 1. The van der Waals surface area contributed by atoms with Gasteiger partial charge in [-0.25, -0.2) is 0 Å². The van der Waals surface area contributed by atoms with Crippen LogP contribution in [0, 0.1) is 6.92 Å². The third kappa shape index (κ3) is 4.28. The monoisotopic (exact) mass is 370 g/mol. The Hall–Kier alpha value is -2.27. The largest absolute Gasteiger partial charge is 0.492 e. The van der Waals surface area contributed by atoms with E-state index < -0.39 is 0 Å². The number of aryl methyl sites for hydroxylation is 1. The lowest BCUT2D eigenvalue weighted by Crippen LogP contribution is -2.42. The molecule has 0 bridgehead atoms. The molecule has 1 atom stereocenters. The molecular formula is C21H26N2O2S. The maximum absolute atomic E-state index is 6.13. The zero-order chi connectivity index (χ0) is 18.7. The van der Waals surface area contributed by atoms with Crippen molar-refractivity contribution in [2.24, 2.45) is 0 Å². The van der Waals surface area contributed by atoms with Gasteiger partial charge in [0.05, 0.1) is 18.3 Å². The summed E-state index contributed by atoms with van der Waals surface area (Å²) in [6, 6.07) is 14.2. The number of rotatable bonds is 4. The molecule has 0 amide bonds. The minimum absolute atomic E-state index is 0.0907. The summed E-state index contributed by atoms with van der Waals surface area (Å²) >= 11 is 5.58. The summed E-state index contributed by atoms with van der Waals surface area (Å²) in [6.45, 7) is 8.87. The van der Waals surface area contributed by atoms with E-state index in [0.717, 1.165) is 29.2 Å². The average Bonchev–Trinajstić information content (AvgIpc) is 2.57. The molecule has 1 aliphatic heterocycles. The number of anilines is 1. The van der Waals surface area contributed by atoms with Crippen molar-refractivity contribution in [2.75, 3.05) is 11.9 Å². The van der Waals surface area contributed by atoms with E-state index in [-0.39, 0.29) is 11.6 Å². The van der Waals surface area contributed by atoms with E-state index >= 15 is 0 Å². The molecule has 2 aromatic carbocycles. The van der Waals surface area contributed by atoms with Crippen molar-refractivity contribution in [3.05, 3.63) is 53.6 Å². The first-order valence-electron chi connectivity index (χ1n) is 8.97. The first-order chi connectivity index (χ1) is 12.4. The van der Waals surface area contributed by atoms with Gasteiger partial charge < -0.3 is 20.1 Å². The maximum Gasteiger partial charge on any atom is 0.171 e. The van der Waals surface area contributed by atoms with Gasteiger partial charge in [-0.1, -0.05) is 29.8 Å². The van der Waals surface area contributed by atoms with Gasteiger partial charge in [0.1, 0.15) is 17.1 Å². The molecule has 0 spiro atoms. The van der Waals surface area contributed by atoms with Gasteiger partial charge in [-0.15, -0.1) is 0 Å². The van der Waals surface area contributed by atoms with Crippen LogP contribution in [0.4, 0.5) is 5.69 Å². The van der Waals surface area contributed by atoms with E-state index in [9.17, 15) is 0 Å². The molecular weight excluding hydrogens is 344 g/mol. The van der Waals surface area contributed by atoms with E-state index in [4.69, 9.17) is 21.7 Å². The normalized spacial score (nSPS) is 17.6. The Labute approximate surface area is 160 Å². The van der Waals surface area contributed by atoms with Crippen LogP contribution in [0.15, 0.2) is 42.5 Å². The molecule has 0 radical (unpaired) electrons. The highest BCUT2D eigenvalue weighted by Gasteiger charge is 2.34. The summed E-state index contributed by atoms with van der Waals surface area (Å²) in [5.74, 6) is 1.71. The molecule has 3 rings (SSSR count). The Morgan fingerprint density at radius 2 is 2.04 bits per heavy atom. The van der Waals surface area contributed by atoms with E-state index in [2.05, 4.69) is 43.5 Å². The summed E-state index contributed by atoms with van der Waals surface area (Å²) in [7, 11) is 0. The highest BCUT2D eigenvalue weighted by Crippen LogP contribution is 2.40. The van der Waals surface area contributed by atoms with Gasteiger partial charge in [0.2, 0.25) is 0 Å². The summed E-state index contributed by atoms with van der Waals surface area (Å²) in [5, 5.41) is 7.31. The lowest BCUT2D eigenvalue weighted by atomic mass is 9.89. The van der Waals surface area contributed by atoms with Crippen molar-refractivity contribution < 1.29 is 9.47 Å². The molecule has 0 saturated carbocycles. The van der Waals surface area contributed by atoms with Gasteiger partial charge in [0, 0.05) is 12.0 Å². The van der Waals surface area contributed by atoms with Crippen LogP contribution in [-0.2, 0) is 0 Å². The molecule has 4 nitrogen and oxygen atoms in total. The molecule has 0 fully saturated rings. The van der Waals surface area contributed by atoms with Crippen molar-refractivity contribution >= 4 is 23.0 Å². The van der Waals surface area contributed by atoms with Crippen molar-refractivity contribution in [2.45, 2.75) is 45.8 Å². The van der Waals surface area contributed by atoms with Crippen LogP contribution in [-0.4, -0.2) is 17.3 Å². The third-order valence-corrected chi connectivity index (χ3v) is 4.58. The fraction of sp³-hybridized carbons (Fsp3) is 0.381. The van der Waals surface area contributed by atoms with Crippen molar-refractivity contribution in [1.82, 2.24) is 5.32 Å². The molecule has 138 valence electrons. The minimum atomic E-state index is -0.251. The molecule has 0 unspecified atom stereocenters. The van der Waals surface area contributed by atoms with Crippen molar-refractivity contribution in [1.29, 1.82) is 0 Å². The number of thiocarbonyl (C=S) groups is 1. The van der Waals surface area contributed by atoms with E-state index in [0.29, 0.717) is 11.7 Å². The van der Waals surface area contributed by atoms with Crippen LogP contribution < -0.4 is 20.1 Å². The maximum atomic E-state index is 6.13. The Balaban J connectivity index is 1.78. The highest BCUT2D eigenvalue weighted by molar-refractivity contribution is 7.80. The molecule has 2 aromatic rings. The van der Waals surface area contributed by atoms with Crippen LogP contribution in [0.3, 0.4) is 0 Å². The van der Waals surface area contributed by atoms with Gasteiger partial charge in [0.15, 0.2) is 5.11 Å². The van der Waals surface area contributed by atoms with Gasteiger partial charge >= 0.3 is 0 Å². The van der Waals surface area contributed by atoms with Crippen molar-refractivity contribution in [3.63, 3.8) is 0 Å². The summed E-state index contributed by atoms with van der Waals surface area (Å²) in [5.41, 5.74) is 2.97. The number of nitrogens with one attached hydrogen (secondary N) is 2. The number of ether oxygens (including phenoxy) is 2. The van der Waals surface area contributed by atoms with Gasteiger partial charge in [-0.3, -0.25) is 0 Å². The molecule has 0 aromatic heterocycles. The smallest absolute Gasteiger partial charge is 0.171 e. The SMILES string of the molecule is CCOc1ccccc1NC(=S)N[C@@H]1CC(C)(C)Oc2ccc(C)cc21. The number of hydrogen-bond acceptors (Lipinski definition) is 3. The quantitative estimate of drug-likeness (QED) is 0.743. The fourth-order valence-corrected chi connectivity index (χ4v) is 3.52. The van der Waals surface area contributed by atoms with Crippen LogP contribution >= 0.6 is 12.2 Å². The topological polar surface area (TPSA) is 42.5 Å². The van der Waals surface area contributed by atoms with E-state index in [1.807, 2.05) is 37.3 Å². The Bertz CT molecular complexity index is 804. The third-order valence-electron chi connectivity index (χ3n) is 4.36. The number of benzene rings is 2. The van der Waals surface area contributed by atoms with Gasteiger partial charge in [-0.05, 0) is 58.1 Å². The predicted octanol–water partition coefficient (Wildman–Crippen LogP) is 4.98. The predicted molar refractivity (Wildman–Crippen MR) is 110 cm³/mol. The van der Waals surface area contributed by atoms with E-state index in [1.54, 1.807) is 0 Å². The van der Waals surface area contributed by atoms with Crippen LogP contribution in [0.25, 0.3) is 0 Å². The second-order valence-corrected chi connectivity index (χ2v) is 7.60. The second-order valence-electron chi connectivity index (χ2n) is 7.19. The Morgan fingerprint density at radius 1 is 1.27 bits per heavy atom. The zero-order valence-electron chi connectivity index (χ0n) is 15.8. The van der Waals surface area contributed by atoms with Crippen molar-refractivity contribution in [3.8, 4) is 11.5 Å². The summed E-state index contributed by atoms with van der Waals surface area (Å²) in [4.78, 5) is 0. The zero-order valence-corrected chi connectivity index (χ0v) is 16.6. The minimum Gasteiger partial charge on any atom is -0.492 e. The first-order valence-corrected chi connectivity index (χ1v) is 9.38. The highest BCUT2D eigenvalue weighted by atomic mass is 32.1. The Morgan fingerprint density at radius 3 is 2.81 bits per heavy atom. The Kier molecular flexibility index (Phi) is 5.37. The van der Waals surface area contributed by atoms with Gasteiger partial charge in [-0.2, -0.15) is 0 Å². The molecule has 0 saturated heterocycles. The molecule has 5 heteroatoms. The number of para-hydroxylation sites is 2. The summed E-state index contributed by atoms with van der Waals surface area (Å²) in [6.07, 6.45) is 0.832. The lowest BCUT2D eigenvalue weighted by molar-refractivity contribution is 0.0696. The van der Waals surface area contributed by atoms with Crippen LogP contribution in [0.5, 0.6) is 11.5 Å². The lowest BCUT2D eigenvalue weighted by Gasteiger charge is -2.38. The van der Waals surface area contributed by atoms with Gasteiger partial charge in [0.25, 0.3) is 0 Å². The standard InChI is InChI=1S/C21H26N2O2S/c1-5-24-19-9-7-6-8-16(19)22-20(26)23-17-13-21(3,4)25-18-11-10-14(2)12-15(17)18/h6-12,17H,5,13H2,1-4H3,(H2,22,23,26)/t17-/m1/s1. The summed E-state index contributed by atoms with van der Waals surface area (Å²) < 4.78 is 11.8. The second kappa shape index (κ2) is 7.54. The average molecular weight is 371 g/mol.